The lowest BCUT2D eigenvalue weighted by molar-refractivity contribution is 0.399. The van der Waals surface area contributed by atoms with Gasteiger partial charge in [0.1, 0.15) is 0 Å². The number of aliphatic hydroxyl groups excluding tert-OH is 4. The summed E-state index contributed by atoms with van der Waals surface area (Å²) in [6.45, 7) is 16.0. The number of benzene rings is 8. The maximum atomic E-state index is 7.00. The Labute approximate surface area is 382 Å². The molecule has 0 bridgehead atoms. The van der Waals surface area contributed by atoms with Crippen molar-refractivity contribution in [2.45, 2.75) is 85.1 Å². The van der Waals surface area contributed by atoms with Gasteiger partial charge in [0.15, 0.2) is 0 Å². The van der Waals surface area contributed by atoms with Crippen molar-refractivity contribution >= 4 is 32.3 Å². The molecule has 0 unspecified atom stereocenters. The van der Waals surface area contributed by atoms with Gasteiger partial charge in [-0.05, 0) is 55.6 Å². The third kappa shape index (κ3) is 33.1. The monoisotopic (exact) mass is 851 g/mol. The fourth-order valence-corrected chi connectivity index (χ4v) is 4.66. The predicted octanol–water partition coefficient (Wildman–Crippen LogP) is 17.0. The van der Waals surface area contributed by atoms with Crippen LogP contribution >= 0.6 is 0 Å². The summed E-state index contributed by atoms with van der Waals surface area (Å²) in [5.74, 6) is 0. The van der Waals surface area contributed by atoms with E-state index in [2.05, 4.69) is 158 Å². The van der Waals surface area contributed by atoms with Crippen LogP contribution in [0.2, 0.25) is 0 Å². The van der Waals surface area contributed by atoms with Crippen molar-refractivity contribution in [3.8, 4) is 11.1 Å². The molecule has 8 aromatic rings. The molecule has 0 aliphatic heterocycles. The van der Waals surface area contributed by atoms with Crippen molar-refractivity contribution in [2.75, 3.05) is 28.4 Å². The van der Waals surface area contributed by atoms with Crippen LogP contribution < -0.4 is 0 Å². The summed E-state index contributed by atoms with van der Waals surface area (Å²) in [6.07, 6.45) is 0. The SMILES string of the molecule is C.C.C.C.CC.CC.CC.CC.CO.CO.CO.CO.c1ccc(-c2ccccc2)cc1.c1ccc2cc3ccccc3cc2c1.c1ccc2ccccc2c1.c1ccccc1. The molecule has 0 aliphatic carbocycles. The highest BCUT2D eigenvalue weighted by molar-refractivity contribution is 5.98. The first kappa shape index (κ1) is 73.9. The summed E-state index contributed by atoms with van der Waals surface area (Å²) in [4.78, 5) is 0. The van der Waals surface area contributed by atoms with Crippen LogP contribution in [-0.4, -0.2) is 48.9 Å². The molecule has 0 spiro atoms. The molecular weight excluding hydrogens is 761 g/mol. The first-order chi connectivity index (χ1) is 28.9. The highest BCUT2D eigenvalue weighted by Gasteiger charge is 1.95. The Kier molecular flexibility index (Phi) is 71.1. The van der Waals surface area contributed by atoms with Gasteiger partial charge in [-0.2, -0.15) is 0 Å². The summed E-state index contributed by atoms with van der Waals surface area (Å²) in [5, 5.41) is 35.9. The number of rotatable bonds is 1. The van der Waals surface area contributed by atoms with Crippen LogP contribution in [0, 0.1) is 0 Å². The zero-order valence-electron chi connectivity index (χ0n) is 37.4. The summed E-state index contributed by atoms with van der Waals surface area (Å²) >= 11 is 0. The number of fused-ring (bicyclic) bond motifs is 3. The van der Waals surface area contributed by atoms with E-state index >= 15 is 0 Å². The Morgan fingerprint density at radius 2 is 0.323 bits per heavy atom. The minimum Gasteiger partial charge on any atom is -0.400 e. The summed E-state index contributed by atoms with van der Waals surface area (Å²) in [6, 6.07) is 70.9. The molecule has 4 N–H and O–H groups in total. The normalized spacial score (nSPS) is 7.48. The summed E-state index contributed by atoms with van der Waals surface area (Å²) in [5.41, 5.74) is 2.55. The molecular formula is C58H90O4. The predicted molar refractivity (Wildman–Crippen MR) is 289 cm³/mol. The quantitative estimate of drug-likeness (QED) is 0.124. The molecule has 4 heteroatoms. The van der Waals surface area contributed by atoms with E-state index in [4.69, 9.17) is 20.4 Å². The molecule has 0 amide bonds. The molecule has 0 aromatic heterocycles. The summed E-state index contributed by atoms with van der Waals surface area (Å²) in [7, 11) is 4.00. The van der Waals surface area contributed by atoms with Crippen LogP contribution in [0.4, 0.5) is 0 Å². The van der Waals surface area contributed by atoms with Crippen molar-refractivity contribution in [2.24, 2.45) is 0 Å². The van der Waals surface area contributed by atoms with Crippen LogP contribution in [0.25, 0.3) is 43.4 Å². The second-order valence-corrected chi connectivity index (χ2v) is 9.78. The molecule has 8 rings (SSSR count). The zero-order valence-corrected chi connectivity index (χ0v) is 37.4. The van der Waals surface area contributed by atoms with E-state index in [0.717, 1.165) is 28.4 Å². The van der Waals surface area contributed by atoms with E-state index in [9.17, 15) is 0 Å². The van der Waals surface area contributed by atoms with Crippen molar-refractivity contribution < 1.29 is 20.4 Å². The van der Waals surface area contributed by atoms with E-state index < -0.39 is 0 Å². The van der Waals surface area contributed by atoms with Gasteiger partial charge in [-0.25, -0.2) is 0 Å². The minimum absolute atomic E-state index is 0. The second-order valence-electron chi connectivity index (χ2n) is 9.78. The van der Waals surface area contributed by atoms with E-state index in [1.54, 1.807) is 0 Å². The smallest absolute Gasteiger partial charge is 0.0319 e. The Morgan fingerprint density at radius 1 is 0.194 bits per heavy atom. The van der Waals surface area contributed by atoms with Gasteiger partial charge in [-0.15, -0.1) is 0 Å². The molecule has 0 aliphatic rings. The molecule has 0 saturated heterocycles. The highest BCUT2D eigenvalue weighted by atomic mass is 16.2. The average molecular weight is 851 g/mol. The molecule has 0 atom stereocenters. The first-order valence-electron chi connectivity index (χ1n) is 20.1. The van der Waals surface area contributed by atoms with Gasteiger partial charge in [-0.1, -0.05) is 279 Å². The lowest BCUT2D eigenvalue weighted by Gasteiger charge is -2.00. The molecule has 0 heterocycles. The number of aliphatic hydroxyl groups is 4. The van der Waals surface area contributed by atoms with Crippen molar-refractivity contribution in [3.63, 3.8) is 0 Å². The zero-order chi connectivity index (χ0) is 44.7. The van der Waals surface area contributed by atoms with Crippen LogP contribution in [0.5, 0.6) is 0 Å². The Morgan fingerprint density at radius 3 is 0.500 bits per heavy atom. The van der Waals surface area contributed by atoms with Crippen molar-refractivity contribution in [3.05, 3.63) is 206 Å². The van der Waals surface area contributed by atoms with Gasteiger partial charge in [0.05, 0.1) is 0 Å². The molecule has 0 saturated carbocycles. The Hall–Kier alpha value is -5.62. The molecule has 0 radical (unpaired) electrons. The van der Waals surface area contributed by atoms with Gasteiger partial charge < -0.3 is 20.4 Å². The lowest BCUT2D eigenvalue weighted by atomic mass is 10.0. The Bertz CT molecular complexity index is 1690. The fourth-order valence-electron chi connectivity index (χ4n) is 4.66. The Balaban J connectivity index is -0.0000000941. The van der Waals surface area contributed by atoms with Gasteiger partial charge in [0.25, 0.3) is 0 Å². The van der Waals surface area contributed by atoms with Crippen LogP contribution in [0.15, 0.2) is 206 Å². The van der Waals surface area contributed by atoms with E-state index in [1.807, 2.05) is 104 Å². The first-order valence-corrected chi connectivity index (χ1v) is 20.1. The summed E-state index contributed by atoms with van der Waals surface area (Å²) < 4.78 is 0. The average Bonchev–Trinajstić information content (AvgIpc) is 3.37. The van der Waals surface area contributed by atoms with Gasteiger partial charge in [0.2, 0.25) is 0 Å². The second kappa shape index (κ2) is 59.7. The van der Waals surface area contributed by atoms with E-state index in [0.29, 0.717) is 0 Å². The van der Waals surface area contributed by atoms with Crippen molar-refractivity contribution in [1.29, 1.82) is 0 Å². The molecule has 62 heavy (non-hydrogen) atoms. The molecule has 0 fully saturated rings. The largest absolute Gasteiger partial charge is 0.400 e. The standard InChI is InChI=1S/C14H10.C12H10.C10H8.C6H6.4C2H6.4CH4O.4CH4/c1-2-6-12-10-14-8-4-3-7-13(14)9-11(12)5-1;1-3-7-11(8-4-1)12-9-5-2-6-10-12;1-2-6-10-8-4-3-7-9(10)5-1;1-2-4-6-5-3-1;8*1-2;;;;/h1-10H;1-10H;1-8H;1-6H;4*1-2H3;4*2H,1H3;4*1H4. The minimum atomic E-state index is 0. The van der Waals surface area contributed by atoms with Crippen LogP contribution in [0.1, 0.15) is 85.1 Å². The topological polar surface area (TPSA) is 80.9 Å². The lowest BCUT2D eigenvalue weighted by Crippen LogP contribution is -1.74. The molecule has 8 aromatic carbocycles. The number of hydrogen-bond acceptors (Lipinski definition) is 4. The highest BCUT2D eigenvalue weighted by Crippen LogP contribution is 2.22. The van der Waals surface area contributed by atoms with E-state index in [-0.39, 0.29) is 29.7 Å². The van der Waals surface area contributed by atoms with Crippen LogP contribution in [0.3, 0.4) is 0 Å². The van der Waals surface area contributed by atoms with Crippen LogP contribution in [-0.2, 0) is 0 Å². The maximum absolute atomic E-state index is 7.00. The molecule has 346 valence electrons. The van der Waals surface area contributed by atoms with Gasteiger partial charge in [0, 0.05) is 28.4 Å². The number of hydrogen-bond donors (Lipinski definition) is 4. The molecule has 4 nitrogen and oxygen atoms in total. The van der Waals surface area contributed by atoms with Gasteiger partial charge in [-0.3, -0.25) is 0 Å². The third-order valence-electron chi connectivity index (χ3n) is 6.82. The maximum Gasteiger partial charge on any atom is 0.0319 e. The third-order valence-corrected chi connectivity index (χ3v) is 6.82. The van der Waals surface area contributed by atoms with Gasteiger partial charge >= 0.3 is 0 Å². The van der Waals surface area contributed by atoms with E-state index in [1.165, 1.54) is 43.4 Å². The fraction of sp³-hybridized carbons (Fsp3) is 0.276. The van der Waals surface area contributed by atoms with Crippen molar-refractivity contribution in [1.82, 2.24) is 0 Å².